The van der Waals surface area contributed by atoms with Crippen molar-refractivity contribution in [3.63, 3.8) is 0 Å². The lowest BCUT2D eigenvalue weighted by molar-refractivity contribution is -0.141. The summed E-state index contributed by atoms with van der Waals surface area (Å²) >= 11 is 0. The van der Waals surface area contributed by atoms with Crippen molar-refractivity contribution in [1.29, 1.82) is 0 Å². The predicted molar refractivity (Wildman–Crippen MR) is 96.1 cm³/mol. The second-order valence-corrected chi connectivity index (χ2v) is 5.50. The smallest absolute Gasteiger partial charge is 0.387 e. The molecule has 0 aliphatic rings. The van der Waals surface area contributed by atoms with Gasteiger partial charge in [0, 0.05) is 11.6 Å². The summed E-state index contributed by atoms with van der Waals surface area (Å²) in [7, 11) is 1.27. The molecule has 0 heterocycles. The van der Waals surface area contributed by atoms with Gasteiger partial charge in [-0.2, -0.15) is 8.78 Å². The molecule has 0 bridgehead atoms. The molecule has 1 N–H and O–H groups in total. The fraction of sp³-hybridized carbons (Fsp3) is 0.200. The van der Waals surface area contributed by atoms with Gasteiger partial charge < -0.3 is 14.8 Å². The average Bonchev–Trinajstić information content (AvgIpc) is 2.67. The Hall–Kier alpha value is -3.22. The molecule has 5 nitrogen and oxygen atoms in total. The molecule has 2 aromatic rings. The van der Waals surface area contributed by atoms with Gasteiger partial charge in [-0.15, -0.1) is 0 Å². The maximum atomic E-state index is 12.4. The number of amides is 1. The molecule has 7 heteroatoms. The van der Waals surface area contributed by atoms with E-state index in [1.807, 2.05) is 6.07 Å². The highest BCUT2D eigenvalue weighted by Gasteiger charge is 2.18. The van der Waals surface area contributed by atoms with Crippen molar-refractivity contribution >= 4 is 18.0 Å². The summed E-state index contributed by atoms with van der Waals surface area (Å²) in [5.74, 6) is -0.992. The van der Waals surface area contributed by atoms with E-state index in [0.29, 0.717) is 5.56 Å². The number of benzene rings is 2. The van der Waals surface area contributed by atoms with Crippen LogP contribution in [0.1, 0.15) is 23.6 Å². The van der Waals surface area contributed by atoms with Crippen LogP contribution in [-0.2, 0) is 14.3 Å². The average molecular weight is 375 g/mol. The van der Waals surface area contributed by atoms with Crippen LogP contribution in [-0.4, -0.2) is 25.6 Å². The van der Waals surface area contributed by atoms with Crippen LogP contribution in [0.3, 0.4) is 0 Å². The van der Waals surface area contributed by atoms with Crippen molar-refractivity contribution < 1.29 is 27.8 Å². The van der Waals surface area contributed by atoms with E-state index in [4.69, 9.17) is 0 Å². The number of halogens is 2. The molecule has 0 saturated carbocycles. The summed E-state index contributed by atoms with van der Waals surface area (Å²) in [4.78, 5) is 23.9. The number of para-hydroxylation sites is 1. The molecule has 2 rings (SSSR count). The summed E-state index contributed by atoms with van der Waals surface area (Å²) in [6.45, 7) is -2.96. The van der Waals surface area contributed by atoms with Crippen molar-refractivity contribution in [3.8, 4) is 5.75 Å². The van der Waals surface area contributed by atoms with E-state index in [1.165, 1.54) is 25.3 Å². The molecule has 0 aliphatic heterocycles. The molecule has 1 amide bonds. The van der Waals surface area contributed by atoms with Crippen molar-refractivity contribution in [3.05, 3.63) is 71.8 Å². The summed E-state index contributed by atoms with van der Waals surface area (Å²) in [5, 5.41) is 2.71. The van der Waals surface area contributed by atoms with Crippen LogP contribution in [0.25, 0.3) is 6.08 Å². The molecule has 0 radical (unpaired) electrons. The first-order valence-electron chi connectivity index (χ1n) is 8.13. The van der Waals surface area contributed by atoms with Gasteiger partial charge in [0.25, 0.3) is 0 Å². The number of ether oxygens (including phenoxy) is 2. The number of hydrogen-bond acceptors (Lipinski definition) is 4. The van der Waals surface area contributed by atoms with Gasteiger partial charge in [-0.05, 0) is 17.7 Å². The summed E-state index contributed by atoms with van der Waals surface area (Å²) in [6.07, 6.45) is 2.53. The van der Waals surface area contributed by atoms with Gasteiger partial charge >= 0.3 is 12.6 Å². The summed E-state index contributed by atoms with van der Waals surface area (Å²) in [6, 6.07) is 14.5. The number of hydrogen-bond donors (Lipinski definition) is 1. The quantitative estimate of drug-likeness (QED) is 0.564. The van der Waals surface area contributed by atoms with Crippen LogP contribution in [0.4, 0.5) is 8.78 Å². The van der Waals surface area contributed by atoms with E-state index in [1.54, 1.807) is 42.5 Å². The Morgan fingerprint density at radius 3 is 2.41 bits per heavy atom. The summed E-state index contributed by atoms with van der Waals surface area (Å²) in [5.41, 5.74) is 1.07. The Bertz CT molecular complexity index is 794. The molecule has 0 spiro atoms. The van der Waals surface area contributed by atoms with Gasteiger partial charge in [0.1, 0.15) is 5.75 Å². The zero-order valence-electron chi connectivity index (χ0n) is 14.6. The minimum Gasteiger partial charge on any atom is -0.469 e. The van der Waals surface area contributed by atoms with Crippen LogP contribution in [0.2, 0.25) is 0 Å². The Kier molecular flexibility index (Phi) is 7.49. The first kappa shape index (κ1) is 20.1. The lowest BCUT2D eigenvalue weighted by Gasteiger charge is -2.17. The minimum absolute atomic E-state index is 0.0364. The van der Waals surface area contributed by atoms with E-state index in [0.717, 1.165) is 5.56 Å². The molecule has 142 valence electrons. The fourth-order valence-corrected chi connectivity index (χ4v) is 2.39. The first-order valence-corrected chi connectivity index (χ1v) is 8.13. The maximum Gasteiger partial charge on any atom is 0.387 e. The highest BCUT2D eigenvalue weighted by molar-refractivity contribution is 5.92. The second-order valence-electron chi connectivity index (χ2n) is 5.50. The Labute approximate surface area is 155 Å². The number of alkyl halides is 2. The van der Waals surface area contributed by atoms with E-state index >= 15 is 0 Å². The largest absolute Gasteiger partial charge is 0.469 e. The van der Waals surface area contributed by atoms with Crippen LogP contribution >= 0.6 is 0 Å². The van der Waals surface area contributed by atoms with Gasteiger partial charge in [-0.1, -0.05) is 48.5 Å². The Balaban J connectivity index is 2.11. The lowest BCUT2D eigenvalue weighted by atomic mass is 10.0. The molecule has 1 unspecified atom stereocenters. The van der Waals surface area contributed by atoms with E-state index in [9.17, 15) is 18.4 Å². The van der Waals surface area contributed by atoms with Gasteiger partial charge in [0.2, 0.25) is 5.91 Å². The Morgan fingerprint density at radius 2 is 1.74 bits per heavy atom. The molecule has 2 aromatic carbocycles. The molecule has 0 aromatic heterocycles. The number of carbonyl (C=O) groups is 2. The number of rotatable bonds is 8. The number of nitrogens with one attached hydrogen (secondary N) is 1. The van der Waals surface area contributed by atoms with Crippen molar-refractivity contribution in [2.75, 3.05) is 7.11 Å². The Morgan fingerprint density at radius 1 is 1.07 bits per heavy atom. The topological polar surface area (TPSA) is 64.6 Å². The molecular weight excluding hydrogens is 356 g/mol. The number of esters is 1. The number of carbonyl (C=O) groups excluding carboxylic acids is 2. The third-order valence-electron chi connectivity index (χ3n) is 3.67. The van der Waals surface area contributed by atoms with Gasteiger partial charge in [0.05, 0.1) is 19.6 Å². The standard InChI is InChI=1S/C20H19F2NO4/c1-26-19(25)13-16(14-7-3-2-4-8-14)23-18(24)12-11-15-9-5-6-10-17(15)27-20(21)22/h2-12,16,20H,13H2,1H3,(H,23,24)/b12-11+. The van der Waals surface area contributed by atoms with Crippen molar-refractivity contribution in [2.24, 2.45) is 0 Å². The zero-order chi connectivity index (χ0) is 19.6. The second kappa shape index (κ2) is 10.1. The third kappa shape index (κ3) is 6.54. The third-order valence-corrected chi connectivity index (χ3v) is 3.67. The van der Waals surface area contributed by atoms with Crippen LogP contribution in [0, 0.1) is 0 Å². The number of methoxy groups -OCH3 is 1. The highest BCUT2D eigenvalue weighted by atomic mass is 19.3. The summed E-state index contributed by atoms with van der Waals surface area (Å²) < 4.78 is 34.0. The van der Waals surface area contributed by atoms with E-state index in [2.05, 4.69) is 14.8 Å². The van der Waals surface area contributed by atoms with E-state index in [-0.39, 0.29) is 12.2 Å². The van der Waals surface area contributed by atoms with Gasteiger partial charge in [-0.3, -0.25) is 9.59 Å². The zero-order valence-corrected chi connectivity index (χ0v) is 14.6. The van der Waals surface area contributed by atoms with Crippen LogP contribution in [0.15, 0.2) is 60.7 Å². The van der Waals surface area contributed by atoms with Gasteiger partial charge in [-0.25, -0.2) is 0 Å². The van der Waals surface area contributed by atoms with Gasteiger partial charge in [0.15, 0.2) is 0 Å². The minimum atomic E-state index is -2.96. The van der Waals surface area contributed by atoms with Crippen LogP contribution < -0.4 is 10.1 Å². The molecule has 27 heavy (non-hydrogen) atoms. The molecular formula is C20H19F2NO4. The van der Waals surface area contributed by atoms with Crippen molar-refractivity contribution in [1.82, 2.24) is 5.32 Å². The first-order chi connectivity index (χ1) is 13.0. The molecule has 0 aliphatic carbocycles. The maximum absolute atomic E-state index is 12.4. The predicted octanol–water partition coefficient (Wildman–Crippen LogP) is 3.72. The highest BCUT2D eigenvalue weighted by Crippen LogP contribution is 2.22. The molecule has 1 atom stereocenters. The fourth-order valence-electron chi connectivity index (χ4n) is 2.39. The monoisotopic (exact) mass is 375 g/mol. The van der Waals surface area contributed by atoms with Crippen molar-refractivity contribution in [2.45, 2.75) is 19.1 Å². The normalized spacial score (nSPS) is 12.0. The molecule has 0 fully saturated rings. The molecule has 0 saturated heterocycles. The lowest BCUT2D eigenvalue weighted by Crippen LogP contribution is -2.29. The van der Waals surface area contributed by atoms with Crippen LogP contribution in [0.5, 0.6) is 5.75 Å². The SMILES string of the molecule is COC(=O)CC(NC(=O)/C=C/c1ccccc1OC(F)F)c1ccccc1. The van der Waals surface area contributed by atoms with E-state index < -0.39 is 24.5 Å².